The number of methoxy groups -OCH3 is 2. The van der Waals surface area contributed by atoms with Crippen molar-refractivity contribution >= 4 is 11.6 Å². The Morgan fingerprint density at radius 2 is 1.95 bits per heavy atom. The fourth-order valence-corrected chi connectivity index (χ4v) is 1.86. The minimum absolute atomic E-state index is 0.0397. The first-order valence-corrected chi connectivity index (χ1v) is 6.46. The van der Waals surface area contributed by atoms with Gasteiger partial charge < -0.3 is 25.6 Å². The number of hydrogen-bond donors (Lipinski definition) is 3. The van der Waals surface area contributed by atoms with Gasteiger partial charge in [-0.15, -0.1) is 0 Å². The molecule has 112 valence electrons. The van der Waals surface area contributed by atoms with Crippen LogP contribution in [0.4, 0.5) is 5.69 Å². The third kappa shape index (κ3) is 4.03. The second kappa shape index (κ2) is 7.59. The molecule has 1 unspecified atom stereocenters. The van der Waals surface area contributed by atoms with Crippen LogP contribution in [0, 0.1) is 0 Å². The Morgan fingerprint density at radius 1 is 1.35 bits per heavy atom. The highest BCUT2D eigenvalue weighted by Crippen LogP contribution is 2.31. The summed E-state index contributed by atoms with van der Waals surface area (Å²) in [4.78, 5) is 12.2. The molecule has 0 aliphatic rings. The molecule has 6 nitrogen and oxygen atoms in total. The monoisotopic (exact) mass is 282 g/mol. The summed E-state index contributed by atoms with van der Waals surface area (Å²) in [5, 5.41) is 11.6. The minimum Gasteiger partial charge on any atom is -0.493 e. The van der Waals surface area contributed by atoms with Gasteiger partial charge >= 0.3 is 0 Å². The molecule has 1 rings (SSSR count). The predicted octanol–water partition coefficient (Wildman–Crippen LogP) is 1.18. The average Bonchev–Trinajstić information content (AvgIpc) is 2.44. The fraction of sp³-hybridized carbons (Fsp3) is 0.500. The molecule has 0 aliphatic carbocycles. The Morgan fingerprint density at radius 3 is 2.50 bits per heavy atom. The molecule has 1 aromatic rings. The number of carbonyl (C=O) groups is 1. The summed E-state index contributed by atoms with van der Waals surface area (Å²) in [7, 11) is 3.01. The molecule has 0 bridgehead atoms. The lowest BCUT2D eigenvalue weighted by Crippen LogP contribution is -2.33. The summed E-state index contributed by atoms with van der Waals surface area (Å²) in [6, 6.07) is 3.08. The minimum atomic E-state index is -0.270. The van der Waals surface area contributed by atoms with Crippen LogP contribution in [0.15, 0.2) is 12.1 Å². The van der Waals surface area contributed by atoms with Gasteiger partial charge in [0.15, 0.2) is 11.5 Å². The van der Waals surface area contributed by atoms with E-state index in [0.717, 1.165) is 0 Å². The molecular formula is C14H22N2O4. The van der Waals surface area contributed by atoms with Crippen LogP contribution in [0.25, 0.3) is 0 Å². The summed E-state index contributed by atoms with van der Waals surface area (Å²) in [5.74, 6) is 0.665. The van der Waals surface area contributed by atoms with Crippen LogP contribution in [-0.4, -0.2) is 37.9 Å². The molecule has 0 aromatic heterocycles. The van der Waals surface area contributed by atoms with Crippen LogP contribution in [-0.2, 0) is 0 Å². The summed E-state index contributed by atoms with van der Waals surface area (Å²) < 4.78 is 10.3. The maximum atomic E-state index is 12.2. The SMILES string of the molecule is COc1cc(N)c(C(=O)NC(C)CCCO)cc1OC. The van der Waals surface area contributed by atoms with E-state index in [0.29, 0.717) is 35.6 Å². The van der Waals surface area contributed by atoms with Gasteiger partial charge in [-0.25, -0.2) is 0 Å². The molecule has 0 saturated carbocycles. The van der Waals surface area contributed by atoms with Crippen LogP contribution in [0.3, 0.4) is 0 Å². The molecule has 1 amide bonds. The second-order valence-electron chi connectivity index (χ2n) is 4.53. The Labute approximate surface area is 118 Å². The number of nitrogens with one attached hydrogen (secondary N) is 1. The van der Waals surface area contributed by atoms with Gasteiger partial charge in [0, 0.05) is 24.4 Å². The Balaban J connectivity index is 2.87. The smallest absolute Gasteiger partial charge is 0.253 e. The van der Waals surface area contributed by atoms with Crippen LogP contribution in [0.1, 0.15) is 30.1 Å². The van der Waals surface area contributed by atoms with Gasteiger partial charge in [0.1, 0.15) is 0 Å². The number of anilines is 1. The molecule has 1 atom stereocenters. The summed E-state index contributed by atoms with van der Waals surface area (Å²) in [6.07, 6.45) is 1.35. The third-order valence-corrected chi connectivity index (χ3v) is 2.97. The summed E-state index contributed by atoms with van der Waals surface area (Å²) in [5.41, 5.74) is 6.53. The molecular weight excluding hydrogens is 260 g/mol. The lowest BCUT2D eigenvalue weighted by atomic mass is 10.1. The number of nitrogens with two attached hydrogens (primary N) is 1. The normalized spacial score (nSPS) is 11.8. The topological polar surface area (TPSA) is 93.8 Å². The van der Waals surface area contributed by atoms with Crippen LogP contribution < -0.4 is 20.5 Å². The molecule has 0 radical (unpaired) electrons. The van der Waals surface area contributed by atoms with E-state index < -0.39 is 0 Å². The highest BCUT2D eigenvalue weighted by Gasteiger charge is 2.16. The summed E-state index contributed by atoms with van der Waals surface area (Å²) in [6.45, 7) is 1.99. The van der Waals surface area contributed by atoms with Crippen molar-refractivity contribution in [2.45, 2.75) is 25.8 Å². The lowest BCUT2D eigenvalue weighted by Gasteiger charge is -2.16. The molecule has 4 N–H and O–H groups in total. The van der Waals surface area contributed by atoms with E-state index in [2.05, 4.69) is 5.32 Å². The Kier molecular flexibility index (Phi) is 6.11. The van der Waals surface area contributed by atoms with Crippen molar-refractivity contribution < 1.29 is 19.4 Å². The molecule has 0 heterocycles. The average molecular weight is 282 g/mol. The number of aliphatic hydroxyl groups excluding tert-OH is 1. The van der Waals surface area contributed by atoms with E-state index >= 15 is 0 Å². The van der Waals surface area contributed by atoms with Crippen molar-refractivity contribution in [3.63, 3.8) is 0 Å². The molecule has 0 aliphatic heterocycles. The lowest BCUT2D eigenvalue weighted by molar-refractivity contribution is 0.0937. The Hall–Kier alpha value is -1.95. The molecule has 1 aromatic carbocycles. The van der Waals surface area contributed by atoms with Crippen molar-refractivity contribution in [3.8, 4) is 11.5 Å². The van der Waals surface area contributed by atoms with Gasteiger partial charge in [-0.05, 0) is 25.8 Å². The van der Waals surface area contributed by atoms with Gasteiger partial charge in [0.2, 0.25) is 0 Å². The van der Waals surface area contributed by atoms with Gasteiger partial charge in [0.05, 0.1) is 19.8 Å². The predicted molar refractivity (Wildman–Crippen MR) is 77.2 cm³/mol. The van der Waals surface area contributed by atoms with Crippen molar-refractivity contribution in [1.82, 2.24) is 5.32 Å². The highest BCUT2D eigenvalue weighted by atomic mass is 16.5. The molecule has 0 fully saturated rings. The first-order valence-electron chi connectivity index (χ1n) is 6.46. The zero-order chi connectivity index (χ0) is 15.1. The van der Waals surface area contributed by atoms with Crippen molar-refractivity contribution in [1.29, 1.82) is 0 Å². The van der Waals surface area contributed by atoms with Crippen LogP contribution in [0.5, 0.6) is 11.5 Å². The van der Waals surface area contributed by atoms with Crippen molar-refractivity contribution in [2.75, 3.05) is 26.6 Å². The molecule has 0 saturated heterocycles. The van der Waals surface area contributed by atoms with Gasteiger partial charge in [-0.1, -0.05) is 0 Å². The van der Waals surface area contributed by atoms with Gasteiger partial charge in [-0.2, -0.15) is 0 Å². The number of amides is 1. The summed E-state index contributed by atoms with van der Waals surface area (Å²) >= 11 is 0. The Bertz CT molecular complexity index is 463. The maximum Gasteiger partial charge on any atom is 0.253 e. The number of hydrogen-bond acceptors (Lipinski definition) is 5. The van der Waals surface area contributed by atoms with Gasteiger partial charge in [-0.3, -0.25) is 4.79 Å². The highest BCUT2D eigenvalue weighted by molar-refractivity contribution is 6.00. The van der Waals surface area contributed by atoms with E-state index in [-0.39, 0.29) is 18.6 Å². The molecule has 0 spiro atoms. The standard InChI is InChI=1S/C14H22N2O4/c1-9(5-4-6-17)16-14(18)10-7-12(19-2)13(20-3)8-11(10)15/h7-9,17H,4-6,15H2,1-3H3,(H,16,18). The van der Waals surface area contributed by atoms with Crippen molar-refractivity contribution in [3.05, 3.63) is 17.7 Å². The first kappa shape index (κ1) is 16.1. The number of benzene rings is 1. The first-order chi connectivity index (χ1) is 9.53. The number of nitrogen functional groups attached to an aromatic ring is 1. The van der Waals surface area contributed by atoms with E-state index in [1.807, 2.05) is 6.92 Å². The zero-order valence-electron chi connectivity index (χ0n) is 12.1. The van der Waals surface area contributed by atoms with E-state index in [4.69, 9.17) is 20.3 Å². The number of rotatable bonds is 7. The van der Waals surface area contributed by atoms with Crippen LogP contribution in [0.2, 0.25) is 0 Å². The van der Waals surface area contributed by atoms with Crippen molar-refractivity contribution in [2.24, 2.45) is 0 Å². The fourth-order valence-electron chi connectivity index (χ4n) is 1.86. The van der Waals surface area contributed by atoms with E-state index in [1.54, 1.807) is 12.1 Å². The maximum absolute atomic E-state index is 12.2. The van der Waals surface area contributed by atoms with E-state index in [1.165, 1.54) is 14.2 Å². The van der Waals surface area contributed by atoms with Crippen LogP contribution >= 0.6 is 0 Å². The third-order valence-electron chi connectivity index (χ3n) is 2.97. The molecule has 6 heteroatoms. The largest absolute Gasteiger partial charge is 0.493 e. The van der Waals surface area contributed by atoms with Gasteiger partial charge in [0.25, 0.3) is 5.91 Å². The number of carbonyl (C=O) groups excluding carboxylic acids is 1. The van der Waals surface area contributed by atoms with E-state index in [9.17, 15) is 4.79 Å². The zero-order valence-corrected chi connectivity index (χ0v) is 12.1. The number of aliphatic hydroxyl groups is 1. The second-order valence-corrected chi connectivity index (χ2v) is 4.53. The quantitative estimate of drug-likeness (QED) is 0.653. The number of ether oxygens (including phenoxy) is 2. The molecule has 20 heavy (non-hydrogen) atoms.